The zero-order valence-electron chi connectivity index (χ0n) is 7.66. The quantitative estimate of drug-likeness (QED) is 0.430. The van der Waals surface area contributed by atoms with Crippen LogP contribution in [-0.2, 0) is 23.3 Å². The van der Waals surface area contributed by atoms with Crippen molar-refractivity contribution in [2.24, 2.45) is 0 Å². The Kier molecular flexibility index (Phi) is 8.66. The second-order valence-electron chi connectivity index (χ2n) is 1.63. The molecule has 0 fully saturated rings. The Bertz CT molecular complexity index is 224. The molecule has 88 valence electrons. The summed E-state index contributed by atoms with van der Waals surface area (Å²) in [5.74, 6) is 0. The molecule has 0 atom stereocenters. The third kappa shape index (κ3) is 7.45. The van der Waals surface area contributed by atoms with Crippen molar-refractivity contribution in [2.75, 3.05) is 21.3 Å². The highest BCUT2D eigenvalue weighted by molar-refractivity contribution is 7.87. The van der Waals surface area contributed by atoms with Gasteiger partial charge in [0.2, 0.25) is 9.03 Å². The van der Waals surface area contributed by atoms with Crippen molar-refractivity contribution in [3.8, 4) is 0 Å². The summed E-state index contributed by atoms with van der Waals surface area (Å²) < 4.78 is 65.0. The van der Waals surface area contributed by atoms with Crippen molar-refractivity contribution in [2.45, 2.75) is 5.51 Å². The van der Waals surface area contributed by atoms with Crippen LogP contribution in [-0.4, -0.2) is 35.3 Å². The average molecular weight is 259 g/mol. The maximum absolute atomic E-state index is 11.1. The molecular weight excluding hydrogens is 248 g/mol. The van der Waals surface area contributed by atoms with Gasteiger partial charge in [-0.25, -0.2) is 9.05 Å². The predicted molar refractivity (Wildman–Crippen MR) is 45.7 cm³/mol. The standard InChI is InChI=1S/C2H3F3O3S.C2H8O2P/c1-8-9(6,7)2(3,4)5;1-3-5-4-2/h1H3;5H2,1-2H3/q;+1. The highest BCUT2D eigenvalue weighted by Gasteiger charge is 2.46. The summed E-state index contributed by atoms with van der Waals surface area (Å²) in [5, 5.41) is 0. The summed E-state index contributed by atoms with van der Waals surface area (Å²) in [5.41, 5.74) is -5.30. The van der Waals surface area contributed by atoms with E-state index in [0.717, 1.165) is 0 Å². The molecule has 0 aromatic heterocycles. The largest absolute Gasteiger partial charge is 0.523 e. The fourth-order valence-corrected chi connectivity index (χ4v) is 0.572. The van der Waals surface area contributed by atoms with Crippen LogP contribution >= 0.6 is 9.03 Å². The number of hydrogen-bond donors (Lipinski definition) is 0. The summed E-state index contributed by atoms with van der Waals surface area (Å²) in [7, 11) is -1.83. The average Bonchev–Trinajstić information content (AvgIpc) is 2.05. The fourth-order valence-electron chi connectivity index (χ4n) is 0.191. The van der Waals surface area contributed by atoms with E-state index in [9.17, 15) is 21.6 Å². The lowest BCUT2D eigenvalue weighted by molar-refractivity contribution is -0.0526. The van der Waals surface area contributed by atoms with E-state index >= 15 is 0 Å². The molecule has 0 rings (SSSR count). The van der Waals surface area contributed by atoms with Gasteiger partial charge in [-0.05, 0) is 0 Å². The first kappa shape index (κ1) is 16.5. The van der Waals surface area contributed by atoms with Gasteiger partial charge in [0.1, 0.15) is 0 Å². The van der Waals surface area contributed by atoms with E-state index in [1.165, 1.54) is 0 Å². The van der Waals surface area contributed by atoms with E-state index in [1.54, 1.807) is 14.2 Å². The molecule has 0 saturated carbocycles. The Morgan fingerprint density at radius 2 is 1.43 bits per heavy atom. The Balaban J connectivity index is 0. The normalized spacial score (nSPS) is 11.9. The zero-order valence-corrected chi connectivity index (χ0v) is 9.63. The minimum atomic E-state index is -5.34. The van der Waals surface area contributed by atoms with Gasteiger partial charge in [0, 0.05) is 0 Å². The van der Waals surface area contributed by atoms with Gasteiger partial charge in [-0.3, -0.25) is 4.18 Å². The van der Waals surface area contributed by atoms with E-state index in [4.69, 9.17) is 0 Å². The van der Waals surface area contributed by atoms with E-state index in [1.807, 2.05) is 0 Å². The SMILES string of the molecule is COS(=O)(=O)C(F)(F)F.CO[PH2+]OC. The zero-order chi connectivity index (χ0) is 11.8. The van der Waals surface area contributed by atoms with Crippen LogP contribution in [0.1, 0.15) is 0 Å². The molecule has 0 unspecified atom stereocenters. The van der Waals surface area contributed by atoms with E-state index in [2.05, 4.69) is 13.2 Å². The topological polar surface area (TPSA) is 61.8 Å². The molecule has 0 radical (unpaired) electrons. The molecule has 0 N–H and O–H groups in total. The highest BCUT2D eigenvalue weighted by Crippen LogP contribution is 2.23. The van der Waals surface area contributed by atoms with Gasteiger partial charge < -0.3 is 0 Å². The van der Waals surface area contributed by atoms with Gasteiger partial charge in [-0.15, -0.1) is 0 Å². The van der Waals surface area contributed by atoms with Crippen molar-refractivity contribution in [1.29, 1.82) is 0 Å². The van der Waals surface area contributed by atoms with Crippen molar-refractivity contribution in [3.63, 3.8) is 0 Å². The molecule has 0 bridgehead atoms. The van der Waals surface area contributed by atoms with E-state index in [-0.39, 0.29) is 9.03 Å². The first-order chi connectivity index (χ1) is 6.22. The van der Waals surface area contributed by atoms with Crippen LogP contribution in [0.25, 0.3) is 0 Å². The third-order valence-corrected chi connectivity index (χ3v) is 2.09. The van der Waals surface area contributed by atoms with E-state index in [0.29, 0.717) is 7.11 Å². The number of alkyl halides is 3. The number of halogens is 3. The fraction of sp³-hybridized carbons (Fsp3) is 1.00. The van der Waals surface area contributed by atoms with E-state index < -0.39 is 15.6 Å². The molecule has 5 nitrogen and oxygen atoms in total. The van der Waals surface area contributed by atoms with Crippen LogP contribution in [0.5, 0.6) is 0 Å². The van der Waals surface area contributed by atoms with Crippen molar-refractivity contribution in [1.82, 2.24) is 0 Å². The van der Waals surface area contributed by atoms with Gasteiger partial charge in [0.05, 0.1) is 21.3 Å². The molecule has 10 heteroatoms. The molecule has 0 heterocycles. The lowest BCUT2D eigenvalue weighted by Gasteiger charge is -2.02. The maximum atomic E-state index is 11.1. The summed E-state index contributed by atoms with van der Waals surface area (Å²) in [4.78, 5) is 0. The highest BCUT2D eigenvalue weighted by atomic mass is 32.2. The lowest BCUT2D eigenvalue weighted by Crippen LogP contribution is -2.23. The first-order valence-electron chi connectivity index (χ1n) is 2.97. The third-order valence-electron chi connectivity index (χ3n) is 0.695. The van der Waals surface area contributed by atoms with Gasteiger partial charge in [0.15, 0.2) is 0 Å². The predicted octanol–water partition coefficient (Wildman–Crippen LogP) is 1.00. The first-order valence-corrected chi connectivity index (χ1v) is 5.32. The van der Waals surface area contributed by atoms with Crippen LogP contribution in [0, 0.1) is 0 Å². The number of rotatable bonds is 3. The van der Waals surface area contributed by atoms with Gasteiger partial charge in [-0.1, -0.05) is 0 Å². The van der Waals surface area contributed by atoms with Crippen molar-refractivity contribution < 1.29 is 34.8 Å². The van der Waals surface area contributed by atoms with Crippen LogP contribution < -0.4 is 0 Å². The molecule has 0 aliphatic rings. The Hall–Kier alpha value is 0.0500. The summed E-state index contributed by atoms with van der Waals surface area (Å²) >= 11 is 0. The molecule has 0 amide bonds. The summed E-state index contributed by atoms with van der Waals surface area (Å²) in [6.07, 6.45) is 0. The monoisotopic (exact) mass is 259 g/mol. The Labute approximate surface area is 81.6 Å². The van der Waals surface area contributed by atoms with Gasteiger partial charge in [-0.2, -0.15) is 21.6 Å². The molecule has 0 aliphatic carbocycles. The smallest absolute Gasteiger partial charge is 0.267 e. The molecular formula is C4H11F3O5PS+. The van der Waals surface area contributed by atoms with Crippen LogP contribution in [0.4, 0.5) is 13.2 Å². The summed E-state index contributed by atoms with van der Waals surface area (Å²) in [6, 6.07) is 0. The second-order valence-corrected chi connectivity index (χ2v) is 4.47. The molecule has 0 aromatic carbocycles. The summed E-state index contributed by atoms with van der Waals surface area (Å²) in [6.45, 7) is 0. The Morgan fingerprint density at radius 3 is 1.43 bits per heavy atom. The molecule has 0 spiro atoms. The van der Waals surface area contributed by atoms with Crippen LogP contribution in [0.15, 0.2) is 0 Å². The van der Waals surface area contributed by atoms with Crippen molar-refractivity contribution in [3.05, 3.63) is 0 Å². The number of hydrogen-bond acceptors (Lipinski definition) is 5. The van der Waals surface area contributed by atoms with Gasteiger partial charge >= 0.3 is 15.6 Å². The maximum Gasteiger partial charge on any atom is 0.523 e. The van der Waals surface area contributed by atoms with Crippen molar-refractivity contribution >= 4 is 19.2 Å². The van der Waals surface area contributed by atoms with Crippen LogP contribution in [0.2, 0.25) is 0 Å². The lowest BCUT2D eigenvalue weighted by atomic mass is 11.6. The van der Waals surface area contributed by atoms with Crippen LogP contribution in [0.3, 0.4) is 0 Å². The molecule has 0 aliphatic heterocycles. The second kappa shape index (κ2) is 7.36. The van der Waals surface area contributed by atoms with Gasteiger partial charge in [0.25, 0.3) is 0 Å². The molecule has 0 aromatic rings. The Morgan fingerprint density at radius 1 is 1.07 bits per heavy atom. The molecule has 0 saturated heterocycles. The minimum absolute atomic E-state index is 0.185. The molecule has 14 heavy (non-hydrogen) atoms. The minimum Gasteiger partial charge on any atom is -0.267 e.